The van der Waals surface area contributed by atoms with Gasteiger partial charge < -0.3 is 5.32 Å². The summed E-state index contributed by atoms with van der Waals surface area (Å²) in [7, 11) is 0. The van der Waals surface area contributed by atoms with Gasteiger partial charge in [0.15, 0.2) is 0 Å². The molecule has 0 bridgehead atoms. The molecule has 0 aromatic heterocycles. The van der Waals surface area contributed by atoms with Crippen LogP contribution in [0.2, 0.25) is 0 Å². The summed E-state index contributed by atoms with van der Waals surface area (Å²) in [4.78, 5) is 23.4. The first-order valence-corrected chi connectivity index (χ1v) is 7.80. The molecule has 0 aliphatic carbocycles. The van der Waals surface area contributed by atoms with Gasteiger partial charge in [-0.15, -0.1) is 0 Å². The van der Waals surface area contributed by atoms with Gasteiger partial charge >= 0.3 is 0 Å². The van der Waals surface area contributed by atoms with Gasteiger partial charge in [-0.3, -0.25) is 9.59 Å². The fourth-order valence-corrected chi connectivity index (χ4v) is 1.99. The van der Waals surface area contributed by atoms with Crippen molar-refractivity contribution in [2.75, 3.05) is 0 Å². The van der Waals surface area contributed by atoms with Gasteiger partial charge in [-0.25, -0.2) is 5.43 Å². The monoisotopic (exact) mass is 334 g/mol. The Labute approximate surface area is 146 Å². The number of nitriles is 1. The Bertz CT molecular complexity index is 777. The van der Waals surface area contributed by atoms with Crippen LogP contribution in [0.1, 0.15) is 29.5 Å². The highest BCUT2D eigenvalue weighted by Crippen LogP contribution is 2.01. The standard InChI is InChI=1S/C19H18N4O2/c20-12-15-6-8-17(9-7-15)14-22-23-19(25)11-10-18(24)21-13-16-4-2-1-3-5-16/h1-9,14H,10-11,13H2,(H,21,24)(H,23,25). The van der Waals surface area contributed by atoms with E-state index in [9.17, 15) is 9.59 Å². The number of rotatable bonds is 7. The van der Waals surface area contributed by atoms with E-state index in [-0.39, 0.29) is 24.7 Å². The van der Waals surface area contributed by atoms with Crippen molar-refractivity contribution >= 4 is 18.0 Å². The van der Waals surface area contributed by atoms with Crippen molar-refractivity contribution in [3.8, 4) is 6.07 Å². The molecule has 2 aromatic carbocycles. The zero-order chi connectivity index (χ0) is 17.9. The first-order valence-electron chi connectivity index (χ1n) is 7.80. The topological polar surface area (TPSA) is 94.3 Å². The van der Waals surface area contributed by atoms with E-state index in [1.807, 2.05) is 36.4 Å². The maximum Gasteiger partial charge on any atom is 0.240 e. The fourth-order valence-electron chi connectivity index (χ4n) is 1.99. The first-order chi connectivity index (χ1) is 12.2. The smallest absolute Gasteiger partial charge is 0.240 e. The van der Waals surface area contributed by atoms with Crippen molar-refractivity contribution in [2.24, 2.45) is 5.10 Å². The van der Waals surface area contributed by atoms with Crippen LogP contribution in [0.15, 0.2) is 59.7 Å². The van der Waals surface area contributed by atoms with Gasteiger partial charge in [-0.2, -0.15) is 10.4 Å². The van der Waals surface area contributed by atoms with E-state index in [4.69, 9.17) is 5.26 Å². The van der Waals surface area contributed by atoms with Crippen LogP contribution in [0.25, 0.3) is 0 Å². The molecule has 0 saturated carbocycles. The summed E-state index contributed by atoms with van der Waals surface area (Å²) >= 11 is 0. The van der Waals surface area contributed by atoms with Gasteiger partial charge in [-0.05, 0) is 23.3 Å². The number of hydrogen-bond donors (Lipinski definition) is 2. The number of amides is 2. The highest BCUT2D eigenvalue weighted by molar-refractivity contribution is 5.85. The van der Waals surface area contributed by atoms with E-state index in [0.29, 0.717) is 12.1 Å². The highest BCUT2D eigenvalue weighted by atomic mass is 16.2. The summed E-state index contributed by atoms with van der Waals surface area (Å²) in [6.07, 6.45) is 1.64. The van der Waals surface area contributed by atoms with Crippen LogP contribution in [0, 0.1) is 11.3 Å². The van der Waals surface area contributed by atoms with Crippen LogP contribution in [0.5, 0.6) is 0 Å². The number of benzene rings is 2. The first kappa shape index (κ1) is 17.9. The predicted molar refractivity (Wildman–Crippen MR) is 94.4 cm³/mol. The molecule has 6 nitrogen and oxygen atoms in total. The zero-order valence-corrected chi connectivity index (χ0v) is 13.6. The number of hydrogen-bond acceptors (Lipinski definition) is 4. The van der Waals surface area contributed by atoms with Gasteiger partial charge in [0.25, 0.3) is 0 Å². The molecule has 0 unspecified atom stereocenters. The molecule has 0 radical (unpaired) electrons. The van der Waals surface area contributed by atoms with Crippen LogP contribution in [0.3, 0.4) is 0 Å². The summed E-state index contributed by atoms with van der Waals surface area (Å²) in [6, 6.07) is 18.4. The van der Waals surface area contributed by atoms with E-state index < -0.39 is 0 Å². The Kier molecular flexibility index (Phi) is 6.89. The Hall–Kier alpha value is -3.46. The van der Waals surface area contributed by atoms with Gasteiger partial charge in [0.2, 0.25) is 11.8 Å². The number of nitrogens with one attached hydrogen (secondary N) is 2. The predicted octanol–water partition coefficient (Wildman–Crippen LogP) is 2.10. The van der Waals surface area contributed by atoms with Gasteiger partial charge in [-0.1, -0.05) is 42.5 Å². The van der Waals surface area contributed by atoms with E-state index in [2.05, 4.69) is 15.8 Å². The molecule has 126 valence electrons. The molecule has 0 saturated heterocycles. The molecule has 2 aromatic rings. The maximum absolute atomic E-state index is 11.7. The molecule has 0 atom stereocenters. The SMILES string of the molecule is N#Cc1ccc(C=NNC(=O)CCC(=O)NCc2ccccc2)cc1. The third-order valence-electron chi connectivity index (χ3n) is 3.35. The second-order valence-electron chi connectivity index (χ2n) is 5.29. The van der Waals surface area contributed by atoms with Crippen molar-refractivity contribution in [3.63, 3.8) is 0 Å². The third-order valence-corrected chi connectivity index (χ3v) is 3.35. The Balaban J connectivity index is 1.66. The summed E-state index contributed by atoms with van der Waals surface area (Å²) in [5, 5.41) is 15.3. The molecule has 2 amide bonds. The number of carbonyl (C=O) groups excluding carboxylic acids is 2. The van der Waals surface area contributed by atoms with Gasteiger partial charge in [0.1, 0.15) is 0 Å². The van der Waals surface area contributed by atoms with Crippen LogP contribution in [-0.4, -0.2) is 18.0 Å². The molecule has 0 heterocycles. The summed E-state index contributed by atoms with van der Waals surface area (Å²) in [5.41, 5.74) is 4.70. The number of hydrazone groups is 1. The van der Waals surface area contributed by atoms with E-state index in [1.54, 1.807) is 24.3 Å². The van der Waals surface area contributed by atoms with Gasteiger partial charge in [0.05, 0.1) is 17.8 Å². The van der Waals surface area contributed by atoms with Crippen molar-refractivity contribution in [2.45, 2.75) is 19.4 Å². The number of carbonyl (C=O) groups is 2. The van der Waals surface area contributed by atoms with E-state index in [1.165, 1.54) is 6.21 Å². The zero-order valence-electron chi connectivity index (χ0n) is 13.6. The normalized spacial score (nSPS) is 10.2. The van der Waals surface area contributed by atoms with Gasteiger partial charge in [0, 0.05) is 19.4 Å². The average Bonchev–Trinajstić information content (AvgIpc) is 2.66. The molecule has 2 N–H and O–H groups in total. The van der Waals surface area contributed by atoms with Crippen LogP contribution >= 0.6 is 0 Å². The molecule has 6 heteroatoms. The molecule has 0 fully saturated rings. The maximum atomic E-state index is 11.7. The van der Waals surface area contributed by atoms with E-state index >= 15 is 0 Å². The van der Waals surface area contributed by atoms with Crippen molar-refractivity contribution < 1.29 is 9.59 Å². The van der Waals surface area contributed by atoms with Crippen molar-refractivity contribution in [1.29, 1.82) is 5.26 Å². The quantitative estimate of drug-likeness (QED) is 0.600. The second-order valence-corrected chi connectivity index (χ2v) is 5.29. The third kappa shape index (κ3) is 6.67. The minimum Gasteiger partial charge on any atom is -0.352 e. The lowest BCUT2D eigenvalue weighted by atomic mass is 10.2. The molecule has 0 aliphatic rings. The Morgan fingerprint density at radius 1 is 1.00 bits per heavy atom. The molecule has 25 heavy (non-hydrogen) atoms. The lowest BCUT2D eigenvalue weighted by Gasteiger charge is -2.04. The van der Waals surface area contributed by atoms with Crippen LogP contribution in [0.4, 0.5) is 0 Å². The van der Waals surface area contributed by atoms with E-state index in [0.717, 1.165) is 11.1 Å². The number of nitrogens with zero attached hydrogens (tertiary/aromatic N) is 2. The summed E-state index contributed by atoms with van der Waals surface area (Å²) < 4.78 is 0. The highest BCUT2D eigenvalue weighted by Gasteiger charge is 2.06. The van der Waals surface area contributed by atoms with Crippen molar-refractivity contribution in [3.05, 3.63) is 71.3 Å². The molecule has 0 aliphatic heterocycles. The fraction of sp³-hybridized carbons (Fsp3) is 0.158. The molecular formula is C19H18N4O2. The molecule has 0 spiro atoms. The minimum absolute atomic E-state index is 0.0608. The average molecular weight is 334 g/mol. The van der Waals surface area contributed by atoms with Crippen LogP contribution in [-0.2, 0) is 16.1 Å². The Morgan fingerprint density at radius 3 is 2.36 bits per heavy atom. The van der Waals surface area contributed by atoms with Crippen LogP contribution < -0.4 is 10.7 Å². The van der Waals surface area contributed by atoms with Crippen molar-refractivity contribution in [1.82, 2.24) is 10.7 Å². The molecular weight excluding hydrogens is 316 g/mol. The largest absolute Gasteiger partial charge is 0.352 e. The second kappa shape index (κ2) is 9.63. The summed E-state index contributed by atoms with van der Waals surface area (Å²) in [5.74, 6) is -0.519. The lowest BCUT2D eigenvalue weighted by molar-refractivity contribution is -0.126. The lowest BCUT2D eigenvalue weighted by Crippen LogP contribution is -2.25. The molecule has 2 rings (SSSR count). The summed E-state index contributed by atoms with van der Waals surface area (Å²) in [6.45, 7) is 0.443. The minimum atomic E-state index is -0.334. The Morgan fingerprint density at radius 2 is 1.68 bits per heavy atom.